The fourth-order valence-electron chi connectivity index (χ4n) is 3.29. The predicted molar refractivity (Wildman–Crippen MR) is 85.6 cm³/mol. The molecule has 1 fully saturated rings. The van der Waals surface area contributed by atoms with E-state index in [0.29, 0.717) is 6.04 Å². The summed E-state index contributed by atoms with van der Waals surface area (Å²) >= 11 is 0. The number of piperidine rings is 1. The number of para-hydroxylation sites is 1. The van der Waals surface area contributed by atoms with Crippen molar-refractivity contribution in [2.45, 2.75) is 45.2 Å². The number of rotatable bonds is 3. The summed E-state index contributed by atoms with van der Waals surface area (Å²) in [6.07, 6.45) is 6.57. The highest BCUT2D eigenvalue weighted by molar-refractivity contribution is 5.80. The molecule has 3 rings (SSSR count). The van der Waals surface area contributed by atoms with Gasteiger partial charge in [-0.15, -0.1) is 0 Å². The second kappa shape index (κ2) is 5.98. The largest absolute Gasteiger partial charge is 0.303 e. The van der Waals surface area contributed by atoms with E-state index in [9.17, 15) is 4.79 Å². The normalized spacial score (nSPS) is 20.0. The third-order valence-electron chi connectivity index (χ3n) is 4.68. The van der Waals surface area contributed by atoms with Crippen molar-refractivity contribution in [3.63, 3.8) is 0 Å². The van der Waals surface area contributed by atoms with E-state index < -0.39 is 0 Å². The lowest BCUT2D eigenvalue weighted by atomic mass is 10.0. The van der Waals surface area contributed by atoms with Gasteiger partial charge in [0, 0.05) is 12.6 Å². The van der Waals surface area contributed by atoms with Crippen LogP contribution in [0.25, 0.3) is 10.9 Å². The molecule has 0 amide bonds. The number of hydrogen-bond donors (Lipinski definition) is 0. The summed E-state index contributed by atoms with van der Waals surface area (Å²) in [7, 11) is 2.19. The number of benzene rings is 1. The van der Waals surface area contributed by atoms with Crippen molar-refractivity contribution in [2.75, 3.05) is 13.6 Å². The molecule has 0 bridgehead atoms. The monoisotopic (exact) mass is 285 g/mol. The maximum Gasteiger partial charge on any atom is 0.261 e. The predicted octanol–water partition coefficient (Wildman–Crippen LogP) is 2.58. The van der Waals surface area contributed by atoms with Crippen LogP contribution in [0.3, 0.4) is 0 Å². The molecule has 4 nitrogen and oxygen atoms in total. The molecule has 1 aliphatic heterocycles. The van der Waals surface area contributed by atoms with Crippen LogP contribution in [0.2, 0.25) is 0 Å². The minimum Gasteiger partial charge on any atom is -0.303 e. The summed E-state index contributed by atoms with van der Waals surface area (Å²) in [6, 6.07) is 6.40. The van der Waals surface area contributed by atoms with Crippen molar-refractivity contribution in [3.8, 4) is 0 Å². The molecular formula is C17H23N3O. The summed E-state index contributed by atoms with van der Waals surface area (Å²) in [5.41, 5.74) is 1.97. The van der Waals surface area contributed by atoms with Crippen LogP contribution >= 0.6 is 0 Å². The first kappa shape index (κ1) is 14.3. The molecule has 1 aromatic carbocycles. The summed E-state index contributed by atoms with van der Waals surface area (Å²) < 4.78 is 1.77. The van der Waals surface area contributed by atoms with Crippen molar-refractivity contribution in [3.05, 3.63) is 40.4 Å². The molecule has 21 heavy (non-hydrogen) atoms. The maximum atomic E-state index is 12.5. The average Bonchev–Trinajstić information content (AvgIpc) is 2.49. The molecule has 0 spiro atoms. The average molecular weight is 285 g/mol. The Kier molecular flexibility index (Phi) is 4.06. The van der Waals surface area contributed by atoms with E-state index in [-0.39, 0.29) is 5.56 Å². The molecule has 0 saturated carbocycles. The Morgan fingerprint density at radius 2 is 2.19 bits per heavy atom. The second-order valence-electron chi connectivity index (χ2n) is 6.13. The SMILES string of the molecule is Cc1cccc2c(=O)n(CC[C@H]3CCCCN3C)cnc12. The zero-order valence-electron chi connectivity index (χ0n) is 12.9. The third kappa shape index (κ3) is 2.86. The van der Waals surface area contributed by atoms with Gasteiger partial charge >= 0.3 is 0 Å². The van der Waals surface area contributed by atoms with Gasteiger partial charge in [0.2, 0.25) is 0 Å². The first-order chi connectivity index (χ1) is 10.2. The van der Waals surface area contributed by atoms with Crippen LogP contribution in [0.5, 0.6) is 0 Å². The second-order valence-corrected chi connectivity index (χ2v) is 6.13. The molecule has 2 heterocycles. The van der Waals surface area contributed by atoms with Gasteiger partial charge in [0.1, 0.15) is 0 Å². The maximum absolute atomic E-state index is 12.5. The molecule has 1 saturated heterocycles. The molecule has 112 valence electrons. The van der Waals surface area contributed by atoms with Crippen LogP contribution in [0.4, 0.5) is 0 Å². The van der Waals surface area contributed by atoms with Crippen LogP contribution in [-0.4, -0.2) is 34.1 Å². The number of aromatic nitrogens is 2. The molecule has 4 heteroatoms. The molecule has 1 aliphatic rings. The minimum atomic E-state index is 0.0853. The van der Waals surface area contributed by atoms with Gasteiger partial charge in [-0.1, -0.05) is 18.6 Å². The minimum absolute atomic E-state index is 0.0853. The Bertz CT molecular complexity index is 692. The van der Waals surface area contributed by atoms with E-state index in [1.54, 1.807) is 10.9 Å². The standard InChI is InChI=1S/C17H23N3O/c1-13-6-5-8-15-16(13)18-12-20(17(15)21)11-9-14-7-3-4-10-19(14)2/h5-6,8,12,14H,3-4,7,9-11H2,1-2H3/t14-/m1/s1. The Morgan fingerprint density at radius 1 is 1.33 bits per heavy atom. The lowest BCUT2D eigenvalue weighted by Crippen LogP contribution is -2.37. The van der Waals surface area contributed by atoms with Crippen LogP contribution in [0, 0.1) is 6.92 Å². The van der Waals surface area contributed by atoms with E-state index in [0.717, 1.165) is 29.4 Å². The lowest BCUT2D eigenvalue weighted by molar-refractivity contribution is 0.170. The summed E-state index contributed by atoms with van der Waals surface area (Å²) in [5, 5.41) is 0.731. The van der Waals surface area contributed by atoms with Crippen LogP contribution in [0.1, 0.15) is 31.2 Å². The summed E-state index contributed by atoms with van der Waals surface area (Å²) in [6.45, 7) is 3.93. The van der Waals surface area contributed by atoms with Gasteiger partial charge in [0.15, 0.2) is 0 Å². The smallest absolute Gasteiger partial charge is 0.261 e. The highest BCUT2D eigenvalue weighted by atomic mass is 16.1. The molecule has 0 aliphatic carbocycles. The van der Waals surface area contributed by atoms with Gasteiger partial charge in [0.05, 0.1) is 17.2 Å². The topological polar surface area (TPSA) is 38.1 Å². The number of likely N-dealkylation sites (tertiary alicyclic amines) is 1. The van der Waals surface area contributed by atoms with E-state index in [1.165, 1.54) is 25.8 Å². The van der Waals surface area contributed by atoms with Crippen LogP contribution in [0.15, 0.2) is 29.3 Å². The van der Waals surface area contributed by atoms with E-state index in [1.807, 2.05) is 25.1 Å². The van der Waals surface area contributed by atoms with Gasteiger partial charge in [-0.2, -0.15) is 0 Å². The summed E-state index contributed by atoms with van der Waals surface area (Å²) in [5.74, 6) is 0. The Morgan fingerprint density at radius 3 is 3.00 bits per heavy atom. The highest BCUT2D eigenvalue weighted by Crippen LogP contribution is 2.18. The fraction of sp³-hybridized carbons (Fsp3) is 0.529. The Hall–Kier alpha value is -1.68. The highest BCUT2D eigenvalue weighted by Gasteiger charge is 2.18. The van der Waals surface area contributed by atoms with Crippen molar-refractivity contribution < 1.29 is 0 Å². The first-order valence-corrected chi connectivity index (χ1v) is 7.82. The Labute approximate surface area is 125 Å². The molecule has 0 unspecified atom stereocenters. The van der Waals surface area contributed by atoms with Gasteiger partial charge in [0.25, 0.3) is 5.56 Å². The van der Waals surface area contributed by atoms with Gasteiger partial charge in [-0.3, -0.25) is 9.36 Å². The number of aryl methyl sites for hydroxylation is 2. The molecular weight excluding hydrogens is 262 g/mol. The zero-order valence-corrected chi connectivity index (χ0v) is 12.9. The molecule has 0 N–H and O–H groups in total. The van der Waals surface area contributed by atoms with Crippen molar-refractivity contribution in [1.29, 1.82) is 0 Å². The quantitative estimate of drug-likeness (QED) is 0.870. The Balaban J connectivity index is 1.81. The van der Waals surface area contributed by atoms with E-state index in [2.05, 4.69) is 16.9 Å². The third-order valence-corrected chi connectivity index (χ3v) is 4.68. The van der Waals surface area contributed by atoms with Crippen molar-refractivity contribution in [2.24, 2.45) is 0 Å². The molecule has 2 aromatic rings. The van der Waals surface area contributed by atoms with Gasteiger partial charge in [-0.05, 0) is 51.4 Å². The molecule has 1 aromatic heterocycles. The number of fused-ring (bicyclic) bond motifs is 1. The zero-order chi connectivity index (χ0) is 14.8. The van der Waals surface area contributed by atoms with Crippen molar-refractivity contribution >= 4 is 10.9 Å². The van der Waals surface area contributed by atoms with Crippen molar-refractivity contribution in [1.82, 2.24) is 14.5 Å². The summed E-state index contributed by atoms with van der Waals surface area (Å²) in [4.78, 5) is 19.4. The van der Waals surface area contributed by atoms with Gasteiger partial charge < -0.3 is 4.90 Å². The molecule has 1 atom stereocenters. The lowest BCUT2D eigenvalue weighted by Gasteiger charge is -2.32. The van der Waals surface area contributed by atoms with Crippen LogP contribution < -0.4 is 5.56 Å². The first-order valence-electron chi connectivity index (χ1n) is 7.82. The number of hydrogen-bond acceptors (Lipinski definition) is 3. The fourth-order valence-corrected chi connectivity index (χ4v) is 3.29. The van der Waals surface area contributed by atoms with E-state index in [4.69, 9.17) is 0 Å². The van der Waals surface area contributed by atoms with Gasteiger partial charge in [-0.25, -0.2) is 4.98 Å². The van der Waals surface area contributed by atoms with E-state index >= 15 is 0 Å². The van der Waals surface area contributed by atoms with Crippen LogP contribution in [-0.2, 0) is 6.54 Å². The number of nitrogens with zero attached hydrogens (tertiary/aromatic N) is 3. The molecule has 0 radical (unpaired) electrons.